The van der Waals surface area contributed by atoms with Crippen molar-refractivity contribution >= 4 is 0 Å². The fourth-order valence-electron chi connectivity index (χ4n) is 3.36. The molecule has 6 atom stereocenters. The molecule has 2 aliphatic rings. The molecule has 0 aliphatic carbocycles. The lowest BCUT2D eigenvalue weighted by molar-refractivity contribution is 0.0118. The third-order valence-corrected chi connectivity index (χ3v) is 4.23. The van der Waals surface area contributed by atoms with Crippen LogP contribution in [0.15, 0.2) is 0 Å². The van der Waals surface area contributed by atoms with Crippen LogP contribution in [0, 0.1) is 0 Å². The molecule has 0 aromatic carbocycles. The first-order valence-corrected chi connectivity index (χ1v) is 6.48. The summed E-state index contributed by atoms with van der Waals surface area (Å²) in [5.41, 5.74) is 0. The second-order valence-corrected chi connectivity index (χ2v) is 5.40. The molecule has 100 valence electrons. The molecule has 1 unspecified atom stereocenters. The van der Waals surface area contributed by atoms with Crippen LogP contribution < -0.4 is 0 Å². The van der Waals surface area contributed by atoms with Crippen LogP contribution in [0.3, 0.4) is 0 Å². The lowest BCUT2D eigenvalue weighted by Crippen LogP contribution is -2.43. The van der Waals surface area contributed by atoms with Gasteiger partial charge < -0.3 is 20.4 Å². The number of hydrogen-bond acceptors (Lipinski definition) is 5. The molecular weight excluding hydrogens is 222 g/mol. The smallest absolute Gasteiger partial charge is 0.0991 e. The Kier molecular flexibility index (Phi) is 4.05. The van der Waals surface area contributed by atoms with Gasteiger partial charge in [-0.05, 0) is 32.6 Å². The summed E-state index contributed by atoms with van der Waals surface area (Å²) in [4.78, 5) is 2.07. The van der Waals surface area contributed by atoms with Crippen LogP contribution >= 0.6 is 0 Å². The highest BCUT2D eigenvalue weighted by atomic mass is 16.3. The molecule has 0 aromatic heterocycles. The fourth-order valence-corrected chi connectivity index (χ4v) is 3.36. The number of aliphatic hydroxyl groups excluding tert-OH is 4. The van der Waals surface area contributed by atoms with Gasteiger partial charge in [0.2, 0.25) is 0 Å². The standard InChI is InChI=1S/C12H23NO4/c1-7(15)2-3-8-4-5-9-11(16)12(17)10(6-14)13(8)9/h7-12,14-17H,2-6H2,1H3/t7?,8-,9-,10-,11-,12-/m1/s1. The molecule has 0 bridgehead atoms. The average Bonchev–Trinajstić information content (AvgIpc) is 2.79. The van der Waals surface area contributed by atoms with Gasteiger partial charge in [-0.2, -0.15) is 0 Å². The molecule has 2 fully saturated rings. The molecule has 2 heterocycles. The van der Waals surface area contributed by atoms with Crippen molar-refractivity contribution in [2.45, 2.75) is 69.0 Å². The zero-order chi connectivity index (χ0) is 12.6. The maximum Gasteiger partial charge on any atom is 0.0991 e. The lowest BCUT2D eigenvalue weighted by Gasteiger charge is -2.30. The van der Waals surface area contributed by atoms with E-state index >= 15 is 0 Å². The number of aliphatic hydroxyl groups is 4. The minimum absolute atomic E-state index is 0.0267. The van der Waals surface area contributed by atoms with E-state index in [0.717, 1.165) is 25.7 Å². The summed E-state index contributed by atoms with van der Waals surface area (Å²) in [5, 5.41) is 38.4. The highest BCUT2D eigenvalue weighted by Crippen LogP contribution is 2.38. The van der Waals surface area contributed by atoms with E-state index in [1.165, 1.54) is 0 Å². The number of rotatable bonds is 4. The average molecular weight is 245 g/mol. The Balaban J connectivity index is 2.02. The Bertz CT molecular complexity index is 259. The van der Waals surface area contributed by atoms with Gasteiger partial charge in [0, 0.05) is 12.1 Å². The van der Waals surface area contributed by atoms with Crippen LogP contribution in [0.5, 0.6) is 0 Å². The van der Waals surface area contributed by atoms with Gasteiger partial charge in [0.05, 0.1) is 31.0 Å². The molecule has 17 heavy (non-hydrogen) atoms. The monoisotopic (exact) mass is 245 g/mol. The van der Waals surface area contributed by atoms with Gasteiger partial charge in [0.25, 0.3) is 0 Å². The quantitative estimate of drug-likeness (QED) is 0.515. The van der Waals surface area contributed by atoms with Crippen LogP contribution in [0.25, 0.3) is 0 Å². The van der Waals surface area contributed by atoms with Crippen LogP contribution in [-0.2, 0) is 0 Å². The highest BCUT2D eigenvalue weighted by Gasteiger charge is 2.52. The van der Waals surface area contributed by atoms with E-state index < -0.39 is 12.2 Å². The van der Waals surface area contributed by atoms with Crippen molar-refractivity contribution < 1.29 is 20.4 Å². The molecule has 2 aliphatic heterocycles. The van der Waals surface area contributed by atoms with Crippen molar-refractivity contribution in [3.05, 3.63) is 0 Å². The molecule has 0 saturated carbocycles. The van der Waals surface area contributed by atoms with Crippen LogP contribution in [0.1, 0.15) is 32.6 Å². The number of fused-ring (bicyclic) bond motifs is 1. The topological polar surface area (TPSA) is 84.2 Å². The van der Waals surface area contributed by atoms with Gasteiger partial charge in [0.1, 0.15) is 0 Å². The normalized spacial score (nSPS) is 43.9. The second kappa shape index (κ2) is 5.20. The summed E-state index contributed by atoms with van der Waals surface area (Å²) in [6.07, 6.45) is 1.49. The number of nitrogens with zero attached hydrogens (tertiary/aromatic N) is 1. The summed E-state index contributed by atoms with van der Waals surface area (Å²) in [6, 6.07) is -0.115. The SMILES string of the molecule is CC(O)CC[C@@H]1CC[C@@H]2[C@@H](O)[C@H](O)[C@@H](CO)N12. The van der Waals surface area contributed by atoms with Gasteiger partial charge in [0.15, 0.2) is 0 Å². The first-order chi connectivity index (χ1) is 8.06. The van der Waals surface area contributed by atoms with Crippen molar-refractivity contribution in [3.63, 3.8) is 0 Å². The van der Waals surface area contributed by atoms with Gasteiger partial charge >= 0.3 is 0 Å². The van der Waals surface area contributed by atoms with E-state index in [2.05, 4.69) is 4.90 Å². The van der Waals surface area contributed by atoms with E-state index in [4.69, 9.17) is 0 Å². The Morgan fingerprint density at radius 2 is 1.94 bits per heavy atom. The largest absolute Gasteiger partial charge is 0.395 e. The van der Waals surface area contributed by atoms with E-state index in [0.29, 0.717) is 0 Å². The first-order valence-electron chi connectivity index (χ1n) is 6.48. The van der Waals surface area contributed by atoms with E-state index in [-0.39, 0.29) is 30.8 Å². The minimum Gasteiger partial charge on any atom is -0.395 e. The van der Waals surface area contributed by atoms with E-state index in [9.17, 15) is 20.4 Å². The zero-order valence-corrected chi connectivity index (χ0v) is 10.2. The molecule has 2 saturated heterocycles. The van der Waals surface area contributed by atoms with Crippen molar-refractivity contribution in [3.8, 4) is 0 Å². The van der Waals surface area contributed by atoms with E-state index in [1.54, 1.807) is 6.92 Å². The summed E-state index contributed by atoms with van der Waals surface area (Å²) in [5.74, 6) is 0. The van der Waals surface area contributed by atoms with Gasteiger partial charge in [-0.1, -0.05) is 0 Å². The van der Waals surface area contributed by atoms with Crippen molar-refractivity contribution in [1.82, 2.24) is 4.90 Å². The summed E-state index contributed by atoms with van der Waals surface area (Å²) < 4.78 is 0. The maximum atomic E-state index is 9.91. The fraction of sp³-hybridized carbons (Fsp3) is 1.00. The van der Waals surface area contributed by atoms with Crippen LogP contribution in [-0.4, -0.2) is 68.4 Å². The molecule has 0 spiro atoms. The second-order valence-electron chi connectivity index (χ2n) is 5.40. The molecule has 5 heteroatoms. The van der Waals surface area contributed by atoms with E-state index in [1.807, 2.05) is 0 Å². The maximum absolute atomic E-state index is 9.91. The van der Waals surface area contributed by atoms with Crippen molar-refractivity contribution in [1.29, 1.82) is 0 Å². The summed E-state index contributed by atoms with van der Waals surface area (Å²) in [7, 11) is 0. The molecular formula is C12H23NO4. The lowest BCUT2D eigenvalue weighted by atomic mass is 10.0. The molecule has 4 N–H and O–H groups in total. The van der Waals surface area contributed by atoms with Gasteiger partial charge in [-0.3, -0.25) is 4.90 Å². The van der Waals surface area contributed by atoms with Crippen molar-refractivity contribution in [2.75, 3.05) is 6.61 Å². The third kappa shape index (κ3) is 2.35. The van der Waals surface area contributed by atoms with Crippen LogP contribution in [0.4, 0.5) is 0 Å². The van der Waals surface area contributed by atoms with Crippen LogP contribution in [0.2, 0.25) is 0 Å². The highest BCUT2D eigenvalue weighted by molar-refractivity contribution is 5.06. The Hall–Kier alpha value is -0.200. The number of hydrogen-bond donors (Lipinski definition) is 4. The molecule has 5 nitrogen and oxygen atoms in total. The Morgan fingerprint density at radius 3 is 2.53 bits per heavy atom. The zero-order valence-electron chi connectivity index (χ0n) is 10.2. The predicted octanol–water partition coefficient (Wildman–Crippen LogP) is -0.923. The Labute approximate surface area is 102 Å². The predicted molar refractivity (Wildman–Crippen MR) is 62.5 cm³/mol. The molecule has 2 rings (SSSR count). The molecule has 0 amide bonds. The molecule has 0 aromatic rings. The van der Waals surface area contributed by atoms with Crippen molar-refractivity contribution in [2.24, 2.45) is 0 Å². The van der Waals surface area contributed by atoms with Gasteiger partial charge in [-0.25, -0.2) is 0 Å². The third-order valence-electron chi connectivity index (χ3n) is 4.23. The van der Waals surface area contributed by atoms with Gasteiger partial charge in [-0.15, -0.1) is 0 Å². The first kappa shape index (κ1) is 13.2. The minimum atomic E-state index is -0.848. The summed E-state index contributed by atoms with van der Waals surface area (Å²) in [6.45, 7) is 1.64. The summed E-state index contributed by atoms with van der Waals surface area (Å²) >= 11 is 0. The Morgan fingerprint density at radius 1 is 1.24 bits per heavy atom. The molecule has 0 radical (unpaired) electrons.